The zero-order valence-electron chi connectivity index (χ0n) is 11.5. The number of carbonyl (C=O) groups excluding carboxylic acids is 1. The maximum atomic E-state index is 11.8. The first kappa shape index (κ1) is 15.0. The van der Waals surface area contributed by atoms with Gasteiger partial charge >= 0.3 is 5.97 Å². The standard InChI is InChI=1S/C13H24N2O3/c1-9(2)14-6-4-5-12(16)15-7-11(8-15)10(3)13(17)18/h9-11,14H,4-8H2,1-3H3,(H,17,18). The van der Waals surface area contributed by atoms with Gasteiger partial charge in [-0.15, -0.1) is 0 Å². The van der Waals surface area contributed by atoms with Crippen LogP contribution in [0.2, 0.25) is 0 Å². The van der Waals surface area contributed by atoms with Crippen LogP contribution in [-0.2, 0) is 9.59 Å². The van der Waals surface area contributed by atoms with Gasteiger partial charge in [-0.1, -0.05) is 20.8 Å². The van der Waals surface area contributed by atoms with Crippen LogP contribution in [-0.4, -0.2) is 47.6 Å². The fourth-order valence-electron chi connectivity index (χ4n) is 2.02. The molecule has 0 aromatic rings. The lowest BCUT2D eigenvalue weighted by molar-refractivity contribution is -0.150. The number of amides is 1. The average Bonchev–Trinajstić information content (AvgIpc) is 2.21. The Hall–Kier alpha value is -1.10. The second-order valence-electron chi connectivity index (χ2n) is 5.40. The van der Waals surface area contributed by atoms with E-state index in [9.17, 15) is 9.59 Å². The molecule has 1 atom stereocenters. The number of carboxylic acids is 1. The van der Waals surface area contributed by atoms with Gasteiger partial charge in [0.1, 0.15) is 0 Å². The molecule has 1 saturated heterocycles. The van der Waals surface area contributed by atoms with Gasteiger partial charge in [0, 0.05) is 31.5 Å². The van der Waals surface area contributed by atoms with E-state index in [1.807, 2.05) is 0 Å². The lowest BCUT2D eigenvalue weighted by atomic mass is 9.87. The van der Waals surface area contributed by atoms with Gasteiger partial charge in [0.2, 0.25) is 5.91 Å². The van der Waals surface area contributed by atoms with E-state index in [1.165, 1.54) is 0 Å². The number of carboxylic acid groups (broad SMARTS) is 1. The van der Waals surface area contributed by atoms with Crippen LogP contribution in [0, 0.1) is 11.8 Å². The summed E-state index contributed by atoms with van der Waals surface area (Å²) in [5.41, 5.74) is 0. The summed E-state index contributed by atoms with van der Waals surface area (Å²) in [6, 6.07) is 0.449. The molecule has 1 aliphatic rings. The summed E-state index contributed by atoms with van der Waals surface area (Å²) in [6.45, 7) is 7.92. The van der Waals surface area contributed by atoms with Crippen molar-refractivity contribution in [3.8, 4) is 0 Å². The molecular weight excluding hydrogens is 232 g/mol. The quantitative estimate of drug-likeness (QED) is 0.665. The van der Waals surface area contributed by atoms with E-state index < -0.39 is 5.97 Å². The fourth-order valence-corrected chi connectivity index (χ4v) is 2.02. The van der Waals surface area contributed by atoms with Crippen LogP contribution in [0.4, 0.5) is 0 Å². The van der Waals surface area contributed by atoms with E-state index >= 15 is 0 Å². The summed E-state index contributed by atoms with van der Waals surface area (Å²) < 4.78 is 0. The van der Waals surface area contributed by atoms with E-state index in [0.717, 1.165) is 13.0 Å². The Morgan fingerprint density at radius 2 is 1.94 bits per heavy atom. The molecule has 5 nitrogen and oxygen atoms in total. The van der Waals surface area contributed by atoms with Gasteiger partial charge in [-0.3, -0.25) is 9.59 Å². The van der Waals surface area contributed by atoms with Crippen molar-refractivity contribution in [1.29, 1.82) is 0 Å². The molecule has 0 radical (unpaired) electrons. The largest absolute Gasteiger partial charge is 0.481 e. The van der Waals surface area contributed by atoms with Gasteiger partial charge in [-0.25, -0.2) is 0 Å². The van der Waals surface area contributed by atoms with E-state index in [2.05, 4.69) is 19.2 Å². The van der Waals surface area contributed by atoms with Gasteiger partial charge in [0.15, 0.2) is 0 Å². The van der Waals surface area contributed by atoms with Crippen LogP contribution in [0.25, 0.3) is 0 Å². The van der Waals surface area contributed by atoms with E-state index in [0.29, 0.717) is 25.6 Å². The minimum absolute atomic E-state index is 0.125. The van der Waals surface area contributed by atoms with Gasteiger partial charge in [0.25, 0.3) is 0 Å². The second kappa shape index (κ2) is 6.73. The number of hydrogen-bond acceptors (Lipinski definition) is 3. The summed E-state index contributed by atoms with van der Waals surface area (Å²) in [5.74, 6) is -0.848. The van der Waals surface area contributed by atoms with Crippen LogP contribution >= 0.6 is 0 Å². The summed E-state index contributed by atoms with van der Waals surface area (Å²) in [5, 5.41) is 12.1. The molecule has 1 aliphatic heterocycles. The fraction of sp³-hybridized carbons (Fsp3) is 0.846. The number of aliphatic carboxylic acids is 1. The number of rotatable bonds is 7. The normalized spacial score (nSPS) is 17.7. The summed E-state index contributed by atoms with van der Waals surface area (Å²) in [7, 11) is 0. The predicted molar refractivity (Wildman–Crippen MR) is 69.2 cm³/mol. The molecule has 0 saturated carbocycles. The number of nitrogens with zero attached hydrogens (tertiary/aromatic N) is 1. The molecule has 2 N–H and O–H groups in total. The first-order valence-corrected chi connectivity index (χ1v) is 6.65. The third kappa shape index (κ3) is 4.29. The average molecular weight is 256 g/mol. The molecular formula is C13H24N2O3. The van der Waals surface area contributed by atoms with Crippen molar-refractivity contribution in [2.45, 2.75) is 39.7 Å². The number of likely N-dealkylation sites (tertiary alicyclic amines) is 1. The minimum Gasteiger partial charge on any atom is -0.481 e. The first-order valence-electron chi connectivity index (χ1n) is 6.65. The van der Waals surface area contributed by atoms with Gasteiger partial charge in [-0.2, -0.15) is 0 Å². The third-order valence-corrected chi connectivity index (χ3v) is 3.48. The maximum Gasteiger partial charge on any atom is 0.306 e. The van der Waals surface area contributed by atoms with Crippen LogP contribution < -0.4 is 5.32 Å². The molecule has 1 amide bonds. The molecule has 0 spiro atoms. The molecule has 1 fully saturated rings. The Balaban J connectivity index is 2.13. The van der Waals surface area contributed by atoms with E-state index in [4.69, 9.17) is 5.11 Å². The minimum atomic E-state index is -0.770. The summed E-state index contributed by atoms with van der Waals surface area (Å²) >= 11 is 0. The molecule has 18 heavy (non-hydrogen) atoms. The van der Waals surface area contributed by atoms with Crippen LogP contribution in [0.5, 0.6) is 0 Å². The first-order chi connectivity index (χ1) is 8.41. The predicted octanol–water partition coefficient (Wildman–Crippen LogP) is 0.944. The maximum absolute atomic E-state index is 11.8. The topological polar surface area (TPSA) is 69.6 Å². The van der Waals surface area contributed by atoms with Gasteiger partial charge in [-0.05, 0) is 13.0 Å². The van der Waals surface area contributed by atoms with Crippen molar-refractivity contribution in [3.63, 3.8) is 0 Å². The molecule has 5 heteroatoms. The van der Waals surface area contributed by atoms with Crippen molar-refractivity contribution in [2.75, 3.05) is 19.6 Å². The SMILES string of the molecule is CC(C)NCCCC(=O)N1CC(C(C)C(=O)O)C1. The Kier molecular flexibility index (Phi) is 5.59. The molecule has 1 rings (SSSR count). The highest BCUT2D eigenvalue weighted by molar-refractivity contribution is 5.77. The summed E-state index contributed by atoms with van der Waals surface area (Å²) in [6.07, 6.45) is 1.39. The highest BCUT2D eigenvalue weighted by Gasteiger charge is 2.36. The van der Waals surface area contributed by atoms with Crippen LogP contribution in [0.15, 0.2) is 0 Å². The third-order valence-electron chi connectivity index (χ3n) is 3.48. The van der Waals surface area contributed by atoms with Gasteiger partial charge < -0.3 is 15.3 Å². The molecule has 0 aromatic carbocycles. The number of nitrogens with one attached hydrogen (secondary N) is 1. The van der Waals surface area contributed by atoms with Gasteiger partial charge in [0.05, 0.1) is 5.92 Å². The zero-order valence-corrected chi connectivity index (χ0v) is 11.5. The molecule has 1 unspecified atom stereocenters. The number of hydrogen-bond donors (Lipinski definition) is 2. The van der Waals surface area contributed by atoms with Crippen LogP contribution in [0.1, 0.15) is 33.6 Å². The highest BCUT2D eigenvalue weighted by atomic mass is 16.4. The Morgan fingerprint density at radius 3 is 2.44 bits per heavy atom. The lowest BCUT2D eigenvalue weighted by Crippen LogP contribution is -2.53. The monoisotopic (exact) mass is 256 g/mol. The second-order valence-corrected chi connectivity index (χ2v) is 5.40. The molecule has 1 heterocycles. The molecule has 104 valence electrons. The zero-order chi connectivity index (χ0) is 13.7. The lowest BCUT2D eigenvalue weighted by Gasteiger charge is -2.41. The smallest absolute Gasteiger partial charge is 0.306 e. The highest BCUT2D eigenvalue weighted by Crippen LogP contribution is 2.24. The van der Waals surface area contributed by atoms with Crippen molar-refractivity contribution in [3.05, 3.63) is 0 Å². The molecule has 0 aliphatic carbocycles. The van der Waals surface area contributed by atoms with Crippen LogP contribution in [0.3, 0.4) is 0 Å². The molecule has 0 bridgehead atoms. The van der Waals surface area contributed by atoms with Crippen molar-refractivity contribution in [1.82, 2.24) is 10.2 Å². The summed E-state index contributed by atoms with van der Waals surface area (Å²) in [4.78, 5) is 24.3. The van der Waals surface area contributed by atoms with Crippen molar-refractivity contribution >= 4 is 11.9 Å². The van der Waals surface area contributed by atoms with E-state index in [1.54, 1.807) is 11.8 Å². The van der Waals surface area contributed by atoms with E-state index in [-0.39, 0.29) is 17.7 Å². The Labute approximate surface area is 109 Å². The Bertz CT molecular complexity index is 299. The van der Waals surface area contributed by atoms with Crippen molar-refractivity contribution in [2.24, 2.45) is 11.8 Å². The Morgan fingerprint density at radius 1 is 1.33 bits per heavy atom. The molecule has 0 aromatic heterocycles. The number of carbonyl (C=O) groups is 2. The van der Waals surface area contributed by atoms with Crippen molar-refractivity contribution < 1.29 is 14.7 Å².